The summed E-state index contributed by atoms with van der Waals surface area (Å²) in [6.45, 7) is 4.05. The first kappa shape index (κ1) is 12.1. The van der Waals surface area contributed by atoms with Crippen LogP contribution in [0.25, 0.3) is 0 Å². The molecule has 0 bridgehead atoms. The number of hydrogen-bond acceptors (Lipinski definition) is 5. The van der Waals surface area contributed by atoms with Gasteiger partial charge in [-0.25, -0.2) is 9.78 Å². The summed E-state index contributed by atoms with van der Waals surface area (Å²) in [5.41, 5.74) is 0. The Balaban J connectivity index is 2.71. The monoisotopic (exact) mass is 229 g/mol. The smallest absolute Gasteiger partial charge is 0.349 e. The first-order valence-electron chi connectivity index (χ1n) is 4.76. The molecular formula is C10H15NO3S. The number of aromatic nitrogens is 1. The van der Waals surface area contributed by atoms with Gasteiger partial charge in [0, 0.05) is 0 Å². The number of aliphatic hydroxyl groups excluding tert-OH is 1. The number of ether oxygens (including phenoxy) is 1. The van der Waals surface area contributed by atoms with Crippen molar-refractivity contribution in [3.63, 3.8) is 0 Å². The third-order valence-electron chi connectivity index (χ3n) is 1.89. The maximum absolute atomic E-state index is 11.1. The van der Waals surface area contributed by atoms with E-state index in [1.54, 1.807) is 0 Å². The second-order valence-electron chi connectivity index (χ2n) is 3.70. The zero-order valence-corrected chi connectivity index (χ0v) is 9.87. The van der Waals surface area contributed by atoms with E-state index < -0.39 is 12.1 Å². The van der Waals surface area contributed by atoms with Crippen LogP contribution in [0, 0.1) is 5.92 Å². The minimum atomic E-state index is -0.589. The molecule has 1 unspecified atom stereocenters. The Morgan fingerprint density at radius 1 is 1.67 bits per heavy atom. The Kier molecular flexibility index (Phi) is 4.23. The quantitative estimate of drug-likeness (QED) is 0.802. The maximum Gasteiger partial charge on any atom is 0.349 e. The van der Waals surface area contributed by atoms with Gasteiger partial charge in [-0.1, -0.05) is 13.8 Å². The molecule has 0 saturated carbocycles. The molecule has 0 radical (unpaired) electrons. The summed E-state index contributed by atoms with van der Waals surface area (Å²) in [7, 11) is 1.33. The second kappa shape index (κ2) is 5.23. The van der Waals surface area contributed by atoms with Crippen LogP contribution in [0.5, 0.6) is 0 Å². The summed E-state index contributed by atoms with van der Waals surface area (Å²) in [4.78, 5) is 15.6. The predicted octanol–water partition coefficient (Wildman–Crippen LogP) is 2.01. The summed E-state index contributed by atoms with van der Waals surface area (Å²) >= 11 is 1.18. The van der Waals surface area contributed by atoms with Crippen molar-refractivity contribution in [3.05, 3.63) is 16.1 Å². The Morgan fingerprint density at radius 3 is 2.87 bits per heavy atom. The molecule has 1 aromatic heterocycles. The molecule has 1 aromatic rings. The van der Waals surface area contributed by atoms with Crippen molar-refractivity contribution in [3.8, 4) is 0 Å². The number of rotatable bonds is 4. The molecule has 0 aromatic carbocycles. The predicted molar refractivity (Wildman–Crippen MR) is 57.9 cm³/mol. The topological polar surface area (TPSA) is 59.4 Å². The molecule has 1 atom stereocenters. The molecular weight excluding hydrogens is 214 g/mol. The number of hydrogen-bond donors (Lipinski definition) is 1. The number of carbonyl (C=O) groups is 1. The number of carbonyl (C=O) groups excluding carboxylic acids is 1. The highest BCUT2D eigenvalue weighted by molar-refractivity contribution is 7.13. The fraction of sp³-hybridized carbons (Fsp3) is 0.600. The molecule has 1 N–H and O–H groups in total. The minimum Gasteiger partial charge on any atom is -0.465 e. The minimum absolute atomic E-state index is 0.394. The SMILES string of the molecule is COC(=O)c1cnc(C(O)CC(C)C)s1. The molecule has 0 amide bonds. The highest BCUT2D eigenvalue weighted by Crippen LogP contribution is 2.25. The Hall–Kier alpha value is -0.940. The van der Waals surface area contributed by atoms with Gasteiger partial charge in [0.25, 0.3) is 0 Å². The lowest BCUT2D eigenvalue weighted by Gasteiger charge is -2.09. The van der Waals surface area contributed by atoms with E-state index in [1.165, 1.54) is 24.6 Å². The lowest BCUT2D eigenvalue weighted by atomic mass is 10.1. The average molecular weight is 229 g/mol. The zero-order valence-electron chi connectivity index (χ0n) is 9.06. The molecule has 0 saturated heterocycles. The Labute approximate surface area is 92.9 Å². The number of thiazole rings is 1. The molecule has 0 spiro atoms. The van der Waals surface area contributed by atoms with Crippen molar-refractivity contribution in [2.75, 3.05) is 7.11 Å². The second-order valence-corrected chi connectivity index (χ2v) is 4.76. The summed E-state index contributed by atoms with van der Waals surface area (Å²) in [5, 5.41) is 10.3. The molecule has 5 heteroatoms. The molecule has 84 valence electrons. The number of nitrogens with zero attached hydrogens (tertiary/aromatic N) is 1. The molecule has 0 aliphatic carbocycles. The highest BCUT2D eigenvalue weighted by atomic mass is 32.1. The van der Waals surface area contributed by atoms with Crippen molar-refractivity contribution >= 4 is 17.3 Å². The number of esters is 1. The van der Waals surface area contributed by atoms with E-state index in [0.29, 0.717) is 22.2 Å². The van der Waals surface area contributed by atoms with E-state index in [0.717, 1.165) is 0 Å². The summed E-state index contributed by atoms with van der Waals surface area (Å²) in [6, 6.07) is 0. The van der Waals surface area contributed by atoms with Crippen molar-refractivity contribution in [1.29, 1.82) is 0 Å². The Bertz CT molecular complexity index is 335. The van der Waals surface area contributed by atoms with Gasteiger partial charge in [-0.2, -0.15) is 0 Å². The lowest BCUT2D eigenvalue weighted by Crippen LogP contribution is -2.01. The maximum atomic E-state index is 11.1. The van der Waals surface area contributed by atoms with Crippen molar-refractivity contribution in [2.24, 2.45) is 5.92 Å². The van der Waals surface area contributed by atoms with E-state index in [-0.39, 0.29) is 0 Å². The van der Waals surface area contributed by atoms with Crippen LogP contribution in [-0.4, -0.2) is 23.2 Å². The Morgan fingerprint density at radius 2 is 2.33 bits per heavy atom. The van der Waals surface area contributed by atoms with Crippen LogP contribution >= 0.6 is 11.3 Å². The summed E-state index contributed by atoms with van der Waals surface area (Å²) in [5.74, 6) is -0.0130. The van der Waals surface area contributed by atoms with Gasteiger partial charge in [0.05, 0.1) is 13.3 Å². The molecule has 0 aliphatic heterocycles. The fourth-order valence-corrected chi connectivity index (χ4v) is 2.02. The first-order chi connectivity index (χ1) is 7.04. The van der Waals surface area contributed by atoms with Gasteiger partial charge in [0.15, 0.2) is 0 Å². The van der Waals surface area contributed by atoms with Crippen molar-refractivity contribution < 1.29 is 14.6 Å². The molecule has 1 rings (SSSR count). The van der Waals surface area contributed by atoms with E-state index in [1.807, 2.05) is 13.8 Å². The third-order valence-corrected chi connectivity index (χ3v) is 2.97. The normalized spacial score (nSPS) is 12.9. The van der Waals surface area contributed by atoms with Crippen LogP contribution in [-0.2, 0) is 4.74 Å². The number of aliphatic hydroxyl groups is 1. The fourth-order valence-electron chi connectivity index (χ4n) is 1.18. The summed E-state index contributed by atoms with van der Waals surface area (Å²) in [6.07, 6.45) is 1.50. The van der Waals surface area contributed by atoms with Gasteiger partial charge in [-0.05, 0) is 12.3 Å². The summed E-state index contributed by atoms with van der Waals surface area (Å²) < 4.78 is 4.56. The molecule has 0 fully saturated rings. The molecule has 1 heterocycles. The third kappa shape index (κ3) is 3.28. The van der Waals surface area contributed by atoms with E-state index >= 15 is 0 Å². The first-order valence-corrected chi connectivity index (χ1v) is 5.58. The zero-order chi connectivity index (χ0) is 11.4. The van der Waals surface area contributed by atoms with Gasteiger partial charge in [0.1, 0.15) is 16.0 Å². The number of methoxy groups -OCH3 is 1. The van der Waals surface area contributed by atoms with Crippen LogP contribution in [0.2, 0.25) is 0 Å². The largest absolute Gasteiger partial charge is 0.465 e. The van der Waals surface area contributed by atoms with Gasteiger partial charge in [-0.15, -0.1) is 11.3 Å². The van der Waals surface area contributed by atoms with Crippen LogP contribution in [0.4, 0.5) is 0 Å². The molecule has 15 heavy (non-hydrogen) atoms. The van der Waals surface area contributed by atoms with Gasteiger partial charge in [-0.3, -0.25) is 0 Å². The van der Waals surface area contributed by atoms with Crippen LogP contribution in [0.1, 0.15) is 41.1 Å². The van der Waals surface area contributed by atoms with E-state index in [4.69, 9.17) is 0 Å². The average Bonchev–Trinajstić information content (AvgIpc) is 2.64. The molecule has 4 nitrogen and oxygen atoms in total. The van der Waals surface area contributed by atoms with Crippen LogP contribution < -0.4 is 0 Å². The highest BCUT2D eigenvalue weighted by Gasteiger charge is 2.17. The van der Waals surface area contributed by atoms with Crippen molar-refractivity contribution in [1.82, 2.24) is 4.98 Å². The lowest BCUT2D eigenvalue weighted by molar-refractivity contribution is 0.0606. The van der Waals surface area contributed by atoms with Crippen LogP contribution in [0.3, 0.4) is 0 Å². The van der Waals surface area contributed by atoms with E-state index in [9.17, 15) is 9.90 Å². The molecule has 0 aliphatic rings. The van der Waals surface area contributed by atoms with Gasteiger partial charge >= 0.3 is 5.97 Å². The van der Waals surface area contributed by atoms with Gasteiger partial charge < -0.3 is 9.84 Å². The van der Waals surface area contributed by atoms with Crippen molar-refractivity contribution in [2.45, 2.75) is 26.4 Å². The standard InChI is InChI=1S/C10H15NO3S/c1-6(2)4-7(12)9-11-5-8(15-9)10(13)14-3/h5-7,12H,4H2,1-3H3. The van der Waals surface area contributed by atoms with E-state index in [2.05, 4.69) is 9.72 Å². The van der Waals surface area contributed by atoms with Crippen LogP contribution in [0.15, 0.2) is 6.20 Å². The van der Waals surface area contributed by atoms with Gasteiger partial charge in [0.2, 0.25) is 0 Å².